The number of rotatable bonds is 3. The second kappa shape index (κ2) is 4.83. The summed E-state index contributed by atoms with van der Waals surface area (Å²) in [7, 11) is 0. The summed E-state index contributed by atoms with van der Waals surface area (Å²) in [5.41, 5.74) is -2.53. The van der Waals surface area contributed by atoms with Crippen molar-refractivity contribution < 1.29 is 14.2 Å². The third-order valence-corrected chi connectivity index (χ3v) is 3.39. The molecule has 2 heterocycles. The van der Waals surface area contributed by atoms with Gasteiger partial charge in [-0.25, -0.2) is 9.18 Å². The monoisotopic (exact) mass is 278 g/mol. The molecule has 6 nitrogen and oxygen atoms in total. The predicted octanol–water partition coefficient (Wildman–Crippen LogP) is -0.237. The van der Waals surface area contributed by atoms with Crippen LogP contribution in [0.1, 0.15) is 12.6 Å². The van der Waals surface area contributed by atoms with Gasteiger partial charge < -0.3 is 9.84 Å². The summed E-state index contributed by atoms with van der Waals surface area (Å²) >= 11 is 5.65. The Morgan fingerprint density at radius 1 is 1.67 bits per heavy atom. The number of hydrogen-bond donors (Lipinski definition) is 2. The van der Waals surface area contributed by atoms with Gasteiger partial charge in [-0.05, 0) is 0 Å². The number of halogens is 2. The molecule has 1 aromatic heterocycles. The summed E-state index contributed by atoms with van der Waals surface area (Å²) < 4.78 is 20.2. The van der Waals surface area contributed by atoms with E-state index < -0.39 is 35.9 Å². The molecular formula is C10H12ClFN2O4. The molecule has 1 aliphatic rings. The maximum atomic E-state index is 13.9. The van der Waals surface area contributed by atoms with E-state index in [1.165, 1.54) is 0 Å². The second-order valence-electron chi connectivity index (χ2n) is 4.22. The summed E-state index contributed by atoms with van der Waals surface area (Å²) in [5, 5.41) is 9.19. The van der Waals surface area contributed by atoms with Crippen LogP contribution in [0.25, 0.3) is 0 Å². The van der Waals surface area contributed by atoms with Crippen molar-refractivity contribution in [1.82, 2.24) is 9.55 Å². The number of aromatic nitrogens is 2. The van der Waals surface area contributed by atoms with Gasteiger partial charge in [0.1, 0.15) is 11.8 Å². The molecule has 0 radical (unpaired) electrons. The molecule has 18 heavy (non-hydrogen) atoms. The van der Waals surface area contributed by atoms with Gasteiger partial charge in [0.2, 0.25) is 0 Å². The number of alkyl halides is 2. The number of aromatic amines is 1. The van der Waals surface area contributed by atoms with Crippen molar-refractivity contribution in [1.29, 1.82) is 0 Å². The van der Waals surface area contributed by atoms with Gasteiger partial charge in [-0.3, -0.25) is 14.3 Å². The van der Waals surface area contributed by atoms with Gasteiger partial charge in [0, 0.05) is 18.7 Å². The van der Waals surface area contributed by atoms with E-state index in [-0.39, 0.29) is 12.3 Å². The Labute approximate surface area is 106 Å². The first-order chi connectivity index (χ1) is 8.51. The summed E-state index contributed by atoms with van der Waals surface area (Å²) in [6.45, 7) is -0.439. The Bertz CT molecular complexity index is 539. The highest BCUT2D eigenvalue weighted by Gasteiger charge is 2.47. The van der Waals surface area contributed by atoms with E-state index in [0.29, 0.717) is 0 Å². The van der Waals surface area contributed by atoms with Gasteiger partial charge in [0.05, 0.1) is 12.5 Å². The van der Waals surface area contributed by atoms with E-state index >= 15 is 0 Å². The SMILES string of the molecule is O=c1ccn([C@@H]2O[C@@](CO)(CCl)C[C@@H]2F)c(=O)[nH]1. The van der Waals surface area contributed by atoms with Gasteiger partial charge in [-0.2, -0.15) is 0 Å². The first-order valence-electron chi connectivity index (χ1n) is 5.31. The van der Waals surface area contributed by atoms with Crippen LogP contribution >= 0.6 is 11.6 Å². The van der Waals surface area contributed by atoms with Crippen molar-refractivity contribution in [2.45, 2.75) is 24.4 Å². The lowest BCUT2D eigenvalue weighted by Crippen LogP contribution is -2.37. The van der Waals surface area contributed by atoms with Crippen molar-refractivity contribution in [3.8, 4) is 0 Å². The Hall–Kier alpha value is -1.18. The average Bonchev–Trinajstić information content (AvgIpc) is 2.67. The van der Waals surface area contributed by atoms with Gasteiger partial charge in [-0.1, -0.05) is 0 Å². The fourth-order valence-corrected chi connectivity index (χ4v) is 2.18. The van der Waals surface area contributed by atoms with Gasteiger partial charge in [0.25, 0.3) is 5.56 Å². The van der Waals surface area contributed by atoms with Crippen LogP contribution in [-0.2, 0) is 4.74 Å². The first kappa shape index (κ1) is 13.3. The molecule has 1 saturated heterocycles. The molecule has 2 rings (SSSR count). The van der Waals surface area contributed by atoms with Gasteiger partial charge >= 0.3 is 5.69 Å². The number of aliphatic hydroxyl groups excluding tert-OH is 1. The number of H-pyrrole nitrogens is 1. The van der Waals surface area contributed by atoms with E-state index in [9.17, 15) is 19.1 Å². The molecule has 0 spiro atoms. The topological polar surface area (TPSA) is 84.3 Å². The summed E-state index contributed by atoms with van der Waals surface area (Å²) in [4.78, 5) is 24.4. The number of hydrogen-bond acceptors (Lipinski definition) is 4. The van der Waals surface area contributed by atoms with Crippen LogP contribution in [0.2, 0.25) is 0 Å². The fourth-order valence-electron chi connectivity index (χ4n) is 1.92. The molecule has 100 valence electrons. The molecule has 1 fully saturated rings. The van der Waals surface area contributed by atoms with Crippen LogP contribution in [-0.4, -0.2) is 38.9 Å². The zero-order valence-electron chi connectivity index (χ0n) is 9.31. The Morgan fingerprint density at radius 2 is 2.39 bits per heavy atom. The molecule has 1 aromatic rings. The molecule has 2 N–H and O–H groups in total. The van der Waals surface area contributed by atoms with Crippen LogP contribution in [0, 0.1) is 0 Å². The van der Waals surface area contributed by atoms with E-state index in [0.717, 1.165) is 16.8 Å². The average molecular weight is 279 g/mol. The molecule has 1 aliphatic heterocycles. The maximum Gasteiger partial charge on any atom is 0.330 e. The van der Waals surface area contributed by atoms with Gasteiger partial charge in [-0.15, -0.1) is 11.6 Å². The third kappa shape index (κ3) is 2.21. The highest BCUT2D eigenvalue weighted by Crippen LogP contribution is 2.38. The quantitative estimate of drug-likeness (QED) is 0.748. The molecule has 0 bridgehead atoms. The summed E-state index contributed by atoms with van der Waals surface area (Å²) in [5.74, 6) is -0.0848. The molecular weight excluding hydrogens is 267 g/mol. The van der Waals surface area contributed by atoms with Crippen LogP contribution in [0.5, 0.6) is 0 Å². The Kier molecular flexibility index (Phi) is 3.56. The lowest BCUT2D eigenvalue weighted by atomic mass is 10.0. The van der Waals surface area contributed by atoms with Crippen molar-refractivity contribution in [3.05, 3.63) is 33.1 Å². The third-order valence-electron chi connectivity index (χ3n) is 2.90. The number of nitrogens with zero attached hydrogens (tertiary/aromatic N) is 1. The number of aliphatic hydroxyl groups is 1. The first-order valence-corrected chi connectivity index (χ1v) is 5.85. The van der Waals surface area contributed by atoms with E-state index in [4.69, 9.17) is 16.3 Å². The lowest BCUT2D eigenvalue weighted by Gasteiger charge is -2.24. The Morgan fingerprint density at radius 3 is 2.89 bits per heavy atom. The Balaban J connectivity index is 2.35. The van der Waals surface area contributed by atoms with Crippen LogP contribution < -0.4 is 11.2 Å². The second-order valence-corrected chi connectivity index (χ2v) is 4.49. The normalized spacial score (nSPS) is 31.7. The van der Waals surface area contributed by atoms with Crippen LogP contribution in [0.15, 0.2) is 21.9 Å². The number of nitrogens with one attached hydrogen (secondary N) is 1. The standard InChI is InChI=1S/C10H12ClFN2O4/c11-4-10(5-15)3-6(12)8(18-10)14-2-1-7(16)13-9(14)17/h1-2,6,8,15H,3-5H2,(H,13,16,17)/t6-,8+,10+/m0/s1. The summed E-state index contributed by atoms with van der Waals surface area (Å²) in [6.07, 6.45) is -1.64. The van der Waals surface area contributed by atoms with Crippen molar-refractivity contribution in [2.24, 2.45) is 0 Å². The summed E-state index contributed by atoms with van der Waals surface area (Å²) in [6, 6.07) is 1.09. The van der Waals surface area contributed by atoms with Crippen molar-refractivity contribution in [2.75, 3.05) is 12.5 Å². The minimum absolute atomic E-state index is 0.0848. The van der Waals surface area contributed by atoms with Crippen LogP contribution in [0.4, 0.5) is 4.39 Å². The molecule has 0 amide bonds. The zero-order valence-corrected chi connectivity index (χ0v) is 10.1. The van der Waals surface area contributed by atoms with E-state index in [1.54, 1.807) is 0 Å². The largest absolute Gasteiger partial charge is 0.393 e. The highest BCUT2D eigenvalue weighted by atomic mass is 35.5. The van der Waals surface area contributed by atoms with Gasteiger partial charge in [0.15, 0.2) is 6.23 Å². The highest BCUT2D eigenvalue weighted by molar-refractivity contribution is 6.18. The molecule has 8 heteroatoms. The lowest BCUT2D eigenvalue weighted by molar-refractivity contribution is -0.0932. The number of ether oxygens (including phenoxy) is 1. The molecule has 0 aromatic carbocycles. The molecule has 0 saturated carbocycles. The van der Waals surface area contributed by atoms with Crippen molar-refractivity contribution >= 4 is 11.6 Å². The smallest absolute Gasteiger partial charge is 0.330 e. The minimum Gasteiger partial charge on any atom is -0.393 e. The minimum atomic E-state index is -1.49. The maximum absolute atomic E-state index is 13.9. The fraction of sp³-hybridized carbons (Fsp3) is 0.600. The molecule has 0 aliphatic carbocycles. The molecule has 3 atom stereocenters. The predicted molar refractivity (Wildman–Crippen MR) is 61.5 cm³/mol. The van der Waals surface area contributed by atoms with Crippen molar-refractivity contribution in [3.63, 3.8) is 0 Å². The van der Waals surface area contributed by atoms with E-state index in [2.05, 4.69) is 0 Å². The van der Waals surface area contributed by atoms with E-state index in [1.807, 2.05) is 4.98 Å². The molecule has 0 unspecified atom stereocenters. The van der Waals surface area contributed by atoms with Crippen LogP contribution in [0.3, 0.4) is 0 Å². The zero-order chi connectivity index (χ0) is 13.3.